The number of aliphatic hydroxyl groups excluding tert-OH is 1. The molecule has 0 aromatic carbocycles. The van der Waals surface area contributed by atoms with Crippen molar-refractivity contribution in [2.75, 3.05) is 49.7 Å². The van der Waals surface area contributed by atoms with Crippen molar-refractivity contribution in [2.45, 2.75) is 91.0 Å². The van der Waals surface area contributed by atoms with Gasteiger partial charge in [0.25, 0.3) is 0 Å². The summed E-state index contributed by atoms with van der Waals surface area (Å²) in [4.78, 5) is 88.7. The second-order valence-electron chi connectivity index (χ2n) is 13.2. The van der Waals surface area contributed by atoms with Gasteiger partial charge < -0.3 is 42.3 Å². The Kier molecular flexibility index (Phi) is 19.5. The van der Waals surface area contributed by atoms with E-state index in [1.54, 1.807) is 20.8 Å². The Hall–Kier alpha value is -3.05. The molecule has 1 aliphatic rings. The summed E-state index contributed by atoms with van der Waals surface area (Å²) in [5.41, 5.74) is 4.78. The molecule has 0 unspecified atom stereocenters. The van der Waals surface area contributed by atoms with E-state index in [0.29, 0.717) is 50.3 Å². The second-order valence-corrected chi connectivity index (χ2v) is 15.3. The maximum Gasteiger partial charge on any atom is 0.249 e. The first-order valence-corrected chi connectivity index (χ1v) is 18.8. The molecule has 1 heterocycles. The number of thioether (sulfide) groups is 2. The fourth-order valence-corrected chi connectivity index (χ4v) is 5.90. The second kappa shape index (κ2) is 21.8. The van der Waals surface area contributed by atoms with Gasteiger partial charge >= 0.3 is 0 Å². The first kappa shape index (κ1) is 43.0. The predicted molar refractivity (Wildman–Crippen MR) is 187 cm³/mol. The Morgan fingerprint density at radius 2 is 1.58 bits per heavy atom. The van der Waals surface area contributed by atoms with Crippen molar-refractivity contribution in [3.63, 3.8) is 0 Å². The summed E-state index contributed by atoms with van der Waals surface area (Å²) in [5.74, 6) is -2.18. The zero-order valence-corrected chi connectivity index (χ0v) is 30.7. The van der Waals surface area contributed by atoms with Crippen LogP contribution in [0.4, 0.5) is 0 Å². The van der Waals surface area contributed by atoms with Gasteiger partial charge in [0.1, 0.15) is 24.2 Å². The lowest BCUT2D eigenvalue weighted by molar-refractivity contribution is -0.138. The number of carbonyl (C=O) groups excluding carboxylic acids is 7. The van der Waals surface area contributed by atoms with E-state index in [1.807, 2.05) is 20.1 Å². The zero-order chi connectivity index (χ0) is 36.4. The van der Waals surface area contributed by atoms with Gasteiger partial charge in [0.15, 0.2) is 0 Å². The van der Waals surface area contributed by atoms with Crippen LogP contribution in [0, 0.1) is 11.3 Å². The summed E-state index contributed by atoms with van der Waals surface area (Å²) in [6.45, 7) is 9.41. The SMILES string of the molecule is CSCC[C@H](NC(=O)CSCCNC(=O)CCNC(=O)[C@H](O)C(C)(C)C)C(=O)N[C@@H](CC(C)C)C(=O)NCC(=O)N1CCC[C@H]1C(N)=O. The van der Waals surface area contributed by atoms with E-state index in [9.17, 15) is 38.7 Å². The number of carbonyl (C=O) groups is 7. The molecule has 0 aromatic rings. The molecule has 1 fully saturated rings. The molecule has 48 heavy (non-hydrogen) atoms. The summed E-state index contributed by atoms with van der Waals surface area (Å²) in [6, 6.07) is -2.53. The van der Waals surface area contributed by atoms with Crippen LogP contribution >= 0.6 is 23.5 Å². The lowest BCUT2D eigenvalue weighted by Crippen LogP contribution is -2.55. The fraction of sp³-hybridized carbons (Fsp3) is 0.774. The molecule has 0 aliphatic carbocycles. The zero-order valence-electron chi connectivity index (χ0n) is 29.0. The molecule has 17 heteroatoms. The summed E-state index contributed by atoms with van der Waals surface area (Å²) in [5, 5.41) is 23.3. The molecule has 1 aliphatic heterocycles. The lowest BCUT2D eigenvalue weighted by Gasteiger charge is -2.25. The van der Waals surface area contributed by atoms with Crippen LogP contribution in [0.2, 0.25) is 0 Å². The van der Waals surface area contributed by atoms with E-state index in [1.165, 1.54) is 28.4 Å². The Bertz CT molecular complexity index is 1120. The van der Waals surface area contributed by atoms with Crippen LogP contribution in [-0.2, 0) is 33.6 Å². The Morgan fingerprint density at radius 1 is 0.896 bits per heavy atom. The molecule has 0 bridgehead atoms. The van der Waals surface area contributed by atoms with Crippen molar-refractivity contribution < 1.29 is 38.7 Å². The van der Waals surface area contributed by atoms with E-state index in [2.05, 4.69) is 26.6 Å². The van der Waals surface area contributed by atoms with Crippen molar-refractivity contribution in [1.29, 1.82) is 0 Å². The van der Waals surface area contributed by atoms with Gasteiger partial charge in [-0.1, -0.05) is 34.6 Å². The van der Waals surface area contributed by atoms with Crippen molar-refractivity contribution in [2.24, 2.45) is 17.1 Å². The molecular weight excluding hydrogens is 663 g/mol. The minimum atomic E-state index is -1.18. The minimum absolute atomic E-state index is 0.0332. The van der Waals surface area contributed by atoms with Crippen molar-refractivity contribution in [3.8, 4) is 0 Å². The van der Waals surface area contributed by atoms with E-state index < -0.39 is 59.2 Å². The number of likely N-dealkylation sites (tertiary alicyclic amines) is 1. The van der Waals surface area contributed by atoms with E-state index >= 15 is 0 Å². The van der Waals surface area contributed by atoms with Crippen molar-refractivity contribution >= 4 is 64.9 Å². The number of aliphatic hydroxyl groups is 1. The van der Waals surface area contributed by atoms with Gasteiger partial charge in [-0.05, 0) is 49.0 Å². The summed E-state index contributed by atoms with van der Waals surface area (Å²) in [7, 11) is 0. The smallest absolute Gasteiger partial charge is 0.249 e. The molecule has 0 saturated carbocycles. The Labute approximate surface area is 292 Å². The number of nitrogens with zero attached hydrogens (tertiary/aromatic N) is 1. The van der Waals surface area contributed by atoms with Crippen LogP contribution in [0.1, 0.15) is 66.7 Å². The van der Waals surface area contributed by atoms with Gasteiger partial charge in [0.2, 0.25) is 41.4 Å². The Morgan fingerprint density at radius 3 is 2.19 bits per heavy atom. The molecule has 15 nitrogen and oxygen atoms in total. The van der Waals surface area contributed by atoms with E-state index in [-0.39, 0.29) is 43.0 Å². The lowest BCUT2D eigenvalue weighted by atomic mass is 9.89. The average molecular weight is 718 g/mol. The highest BCUT2D eigenvalue weighted by Gasteiger charge is 2.33. The van der Waals surface area contributed by atoms with Crippen LogP contribution in [0.15, 0.2) is 0 Å². The molecule has 7 amide bonds. The third kappa shape index (κ3) is 16.4. The van der Waals surface area contributed by atoms with Crippen LogP contribution in [0.25, 0.3) is 0 Å². The van der Waals surface area contributed by atoms with E-state index in [4.69, 9.17) is 5.73 Å². The fourth-order valence-electron chi connectivity index (χ4n) is 4.77. The maximum atomic E-state index is 13.3. The molecule has 0 aromatic heterocycles. The van der Waals surface area contributed by atoms with Gasteiger partial charge in [0.05, 0.1) is 12.3 Å². The highest BCUT2D eigenvalue weighted by molar-refractivity contribution is 8.00. The molecule has 1 rings (SSSR count). The van der Waals surface area contributed by atoms with Gasteiger partial charge in [-0.2, -0.15) is 23.5 Å². The van der Waals surface area contributed by atoms with Gasteiger partial charge in [0, 0.05) is 31.8 Å². The first-order valence-electron chi connectivity index (χ1n) is 16.2. The number of primary amides is 1. The molecule has 0 spiro atoms. The largest absolute Gasteiger partial charge is 0.383 e. The number of hydrogen-bond donors (Lipinski definition) is 7. The third-order valence-electron chi connectivity index (χ3n) is 7.44. The van der Waals surface area contributed by atoms with Crippen LogP contribution in [0.5, 0.6) is 0 Å². The quantitative estimate of drug-likeness (QED) is 0.0725. The number of rotatable bonds is 21. The van der Waals surface area contributed by atoms with Crippen LogP contribution in [-0.4, -0.2) is 125 Å². The third-order valence-corrected chi connectivity index (χ3v) is 9.04. The van der Waals surface area contributed by atoms with E-state index in [0.717, 1.165) is 0 Å². The average Bonchev–Trinajstić information content (AvgIpc) is 3.51. The summed E-state index contributed by atoms with van der Waals surface area (Å²) in [6.07, 6.45) is 2.49. The number of nitrogens with one attached hydrogen (secondary N) is 5. The van der Waals surface area contributed by atoms with Crippen molar-refractivity contribution in [3.05, 3.63) is 0 Å². The van der Waals surface area contributed by atoms with Gasteiger partial charge in [-0.3, -0.25) is 33.6 Å². The normalized spacial score (nSPS) is 16.4. The molecule has 274 valence electrons. The molecule has 1 saturated heterocycles. The topological polar surface area (TPSA) is 229 Å². The predicted octanol–water partition coefficient (Wildman–Crippen LogP) is -0.890. The summed E-state index contributed by atoms with van der Waals surface area (Å²) < 4.78 is 0. The number of amides is 7. The monoisotopic (exact) mass is 717 g/mol. The maximum absolute atomic E-state index is 13.3. The highest BCUT2D eigenvalue weighted by Crippen LogP contribution is 2.19. The minimum Gasteiger partial charge on any atom is -0.383 e. The standard InChI is InChI=1S/C31H55N7O8S2/c1-19(2)16-21(28(44)35-17-25(41)38-13-7-8-22(38)27(32)43)37-29(45)20(10-14-47-6)36-24(40)18-48-15-12-33-23(39)9-11-34-30(46)26(42)31(3,4)5/h19-22,26,42H,7-18H2,1-6H3,(H2,32,43)(H,33,39)(H,34,46)(H,35,44)(H,36,40)(H,37,45)/t20-,21-,22-,26-/m0/s1. The van der Waals surface area contributed by atoms with Crippen LogP contribution in [0.3, 0.4) is 0 Å². The van der Waals surface area contributed by atoms with Crippen LogP contribution < -0.4 is 32.3 Å². The summed E-state index contributed by atoms with van der Waals surface area (Å²) >= 11 is 2.78. The highest BCUT2D eigenvalue weighted by atomic mass is 32.2. The number of hydrogen-bond acceptors (Lipinski definition) is 10. The van der Waals surface area contributed by atoms with Crippen molar-refractivity contribution in [1.82, 2.24) is 31.5 Å². The molecule has 4 atom stereocenters. The first-order chi connectivity index (χ1) is 22.5. The van der Waals surface area contributed by atoms with Gasteiger partial charge in [-0.25, -0.2) is 0 Å². The van der Waals surface area contributed by atoms with Gasteiger partial charge in [-0.15, -0.1) is 0 Å². The molecule has 0 radical (unpaired) electrons. The molecule has 8 N–H and O–H groups in total. The Balaban J connectivity index is 2.56. The molecular formula is C31H55N7O8S2. The number of nitrogens with two attached hydrogens (primary N) is 1.